The summed E-state index contributed by atoms with van der Waals surface area (Å²) in [6.45, 7) is 3.17. The number of anilines is 1. The van der Waals surface area contributed by atoms with E-state index in [1.165, 1.54) is 11.2 Å². The van der Waals surface area contributed by atoms with Crippen molar-refractivity contribution in [3.8, 4) is 0 Å². The normalized spacial score (nSPS) is 17.7. The molecule has 1 atom stereocenters. The molecule has 2 aromatic rings. The SMILES string of the molecule is CCCCC1C(=O)N(Cc2ccc3c(N)ncnc3c2)CCN1C(=O)O. The average molecular weight is 357 g/mol. The molecule has 2 heterocycles. The van der Waals surface area contributed by atoms with Crippen LogP contribution in [0.15, 0.2) is 24.5 Å². The summed E-state index contributed by atoms with van der Waals surface area (Å²) in [5, 5.41) is 10.2. The van der Waals surface area contributed by atoms with E-state index < -0.39 is 12.1 Å². The molecule has 1 aliphatic rings. The van der Waals surface area contributed by atoms with E-state index in [0.29, 0.717) is 31.9 Å². The van der Waals surface area contributed by atoms with Gasteiger partial charge in [0.2, 0.25) is 5.91 Å². The highest BCUT2D eigenvalue weighted by Gasteiger charge is 2.36. The smallest absolute Gasteiger partial charge is 0.408 e. The quantitative estimate of drug-likeness (QED) is 0.847. The monoisotopic (exact) mass is 357 g/mol. The Balaban J connectivity index is 1.79. The summed E-state index contributed by atoms with van der Waals surface area (Å²) in [4.78, 5) is 35.5. The van der Waals surface area contributed by atoms with Gasteiger partial charge in [-0.1, -0.05) is 25.8 Å². The number of nitrogens with two attached hydrogens (primary N) is 1. The van der Waals surface area contributed by atoms with Crippen LogP contribution in [0.3, 0.4) is 0 Å². The minimum Gasteiger partial charge on any atom is -0.465 e. The molecule has 138 valence electrons. The summed E-state index contributed by atoms with van der Waals surface area (Å²) in [5.41, 5.74) is 7.51. The van der Waals surface area contributed by atoms with Gasteiger partial charge in [-0.2, -0.15) is 0 Å². The zero-order valence-corrected chi connectivity index (χ0v) is 14.8. The Hall–Kier alpha value is -2.90. The highest BCUT2D eigenvalue weighted by Crippen LogP contribution is 2.22. The molecule has 1 fully saturated rings. The molecule has 8 heteroatoms. The van der Waals surface area contributed by atoms with Gasteiger partial charge in [0.05, 0.1) is 5.52 Å². The maximum Gasteiger partial charge on any atom is 0.408 e. The minimum absolute atomic E-state index is 0.130. The fourth-order valence-corrected chi connectivity index (χ4v) is 3.34. The van der Waals surface area contributed by atoms with Crippen molar-refractivity contribution in [1.29, 1.82) is 0 Å². The minimum atomic E-state index is -1.03. The second-order valence-corrected chi connectivity index (χ2v) is 6.50. The van der Waals surface area contributed by atoms with Gasteiger partial charge in [0.25, 0.3) is 0 Å². The van der Waals surface area contributed by atoms with E-state index in [2.05, 4.69) is 9.97 Å². The fraction of sp³-hybridized carbons (Fsp3) is 0.444. The number of hydrogen-bond donors (Lipinski definition) is 2. The molecule has 0 spiro atoms. The standard InChI is InChI=1S/C18H23N5O3/c1-2-3-4-15-17(24)22(7-8-23(15)18(25)26)10-12-5-6-13-14(9-12)20-11-21-16(13)19/h5-6,9,11,15H,2-4,7-8,10H2,1H3,(H,25,26)(H2,19,20,21). The molecule has 26 heavy (non-hydrogen) atoms. The molecule has 1 aromatic carbocycles. The maximum absolute atomic E-state index is 12.8. The number of hydrogen-bond acceptors (Lipinski definition) is 5. The van der Waals surface area contributed by atoms with Crippen molar-refractivity contribution in [1.82, 2.24) is 19.8 Å². The molecule has 0 saturated carbocycles. The first-order chi connectivity index (χ1) is 12.5. The zero-order valence-electron chi connectivity index (χ0n) is 14.8. The van der Waals surface area contributed by atoms with Gasteiger partial charge in [-0.3, -0.25) is 9.69 Å². The molecular formula is C18H23N5O3. The lowest BCUT2D eigenvalue weighted by molar-refractivity contribution is -0.141. The Bertz CT molecular complexity index is 826. The van der Waals surface area contributed by atoms with Gasteiger partial charge in [0.1, 0.15) is 18.2 Å². The van der Waals surface area contributed by atoms with Gasteiger partial charge in [-0.15, -0.1) is 0 Å². The largest absolute Gasteiger partial charge is 0.465 e. The molecule has 0 aliphatic carbocycles. The number of fused-ring (bicyclic) bond motifs is 1. The molecule has 1 saturated heterocycles. The van der Waals surface area contributed by atoms with Crippen molar-refractivity contribution in [2.75, 3.05) is 18.8 Å². The van der Waals surface area contributed by atoms with Crippen LogP contribution in [0.1, 0.15) is 31.7 Å². The first kappa shape index (κ1) is 17.9. The van der Waals surface area contributed by atoms with Crippen molar-refractivity contribution in [3.63, 3.8) is 0 Å². The van der Waals surface area contributed by atoms with Gasteiger partial charge in [-0.05, 0) is 24.1 Å². The first-order valence-corrected chi connectivity index (χ1v) is 8.78. The fourth-order valence-electron chi connectivity index (χ4n) is 3.34. The van der Waals surface area contributed by atoms with Gasteiger partial charge in [0, 0.05) is 25.0 Å². The van der Waals surface area contributed by atoms with Crippen LogP contribution in [-0.4, -0.2) is 56.0 Å². The van der Waals surface area contributed by atoms with Crippen LogP contribution in [0, 0.1) is 0 Å². The number of carbonyl (C=O) groups excluding carboxylic acids is 1. The third kappa shape index (κ3) is 3.54. The number of rotatable bonds is 5. The maximum atomic E-state index is 12.8. The number of benzene rings is 1. The summed E-state index contributed by atoms with van der Waals surface area (Å²) >= 11 is 0. The molecule has 8 nitrogen and oxygen atoms in total. The highest BCUT2D eigenvalue weighted by molar-refractivity contribution is 5.89. The number of aromatic nitrogens is 2. The molecule has 3 rings (SSSR count). The van der Waals surface area contributed by atoms with Crippen LogP contribution < -0.4 is 5.73 Å². The summed E-state index contributed by atoms with van der Waals surface area (Å²) in [6.07, 6.45) is 2.68. The summed E-state index contributed by atoms with van der Waals surface area (Å²) in [7, 11) is 0. The van der Waals surface area contributed by atoms with Crippen molar-refractivity contribution in [3.05, 3.63) is 30.1 Å². The van der Waals surface area contributed by atoms with Crippen LogP contribution in [0.4, 0.5) is 10.6 Å². The van der Waals surface area contributed by atoms with Crippen LogP contribution in [0.2, 0.25) is 0 Å². The summed E-state index contributed by atoms with van der Waals surface area (Å²) < 4.78 is 0. The third-order valence-corrected chi connectivity index (χ3v) is 4.77. The van der Waals surface area contributed by atoms with Gasteiger partial charge in [0.15, 0.2) is 0 Å². The second kappa shape index (κ2) is 7.55. The number of carboxylic acid groups (broad SMARTS) is 1. The zero-order chi connectivity index (χ0) is 18.7. The Kier molecular flexibility index (Phi) is 5.20. The lowest BCUT2D eigenvalue weighted by atomic mass is 10.0. The Morgan fingerprint density at radius 1 is 1.35 bits per heavy atom. The number of unbranched alkanes of at least 4 members (excludes halogenated alkanes) is 1. The second-order valence-electron chi connectivity index (χ2n) is 6.50. The van der Waals surface area contributed by atoms with Crippen molar-refractivity contribution in [2.45, 2.75) is 38.8 Å². The predicted octanol–water partition coefficient (Wildman–Crippen LogP) is 2.09. The molecule has 1 aromatic heterocycles. The Morgan fingerprint density at radius 2 is 2.15 bits per heavy atom. The molecule has 0 bridgehead atoms. The summed E-state index contributed by atoms with van der Waals surface area (Å²) in [6, 6.07) is 5.05. The molecular weight excluding hydrogens is 334 g/mol. The number of nitrogens with zero attached hydrogens (tertiary/aromatic N) is 4. The van der Waals surface area contributed by atoms with E-state index in [-0.39, 0.29) is 5.91 Å². The van der Waals surface area contributed by atoms with Crippen LogP contribution in [-0.2, 0) is 11.3 Å². The average Bonchev–Trinajstić information content (AvgIpc) is 2.62. The number of amides is 2. The van der Waals surface area contributed by atoms with E-state index in [1.807, 2.05) is 25.1 Å². The molecule has 1 aliphatic heterocycles. The molecule has 3 N–H and O–H groups in total. The van der Waals surface area contributed by atoms with E-state index >= 15 is 0 Å². The lowest BCUT2D eigenvalue weighted by Crippen LogP contribution is -2.58. The topological polar surface area (TPSA) is 113 Å². The number of piperazine rings is 1. The lowest BCUT2D eigenvalue weighted by Gasteiger charge is -2.39. The van der Waals surface area contributed by atoms with E-state index in [1.54, 1.807) is 4.90 Å². The Labute approximate surface area is 151 Å². The molecule has 1 unspecified atom stereocenters. The molecule has 0 radical (unpaired) electrons. The van der Waals surface area contributed by atoms with Crippen molar-refractivity contribution < 1.29 is 14.7 Å². The van der Waals surface area contributed by atoms with Gasteiger partial charge < -0.3 is 15.7 Å². The highest BCUT2D eigenvalue weighted by atomic mass is 16.4. The third-order valence-electron chi connectivity index (χ3n) is 4.77. The van der Waals surface area contributed by atoms with Crippen molar-refractivity contribution >= 4 is 28.7 Å². The summed E-state index contributed by atoms with van der Waals surface area (Å²) in [5.74, 6) is 0.293. The van der Waals surface area contributed by atoms with Crippen LogP contribution in [0.5, 0.6) is 0 Å². The van der Waals surface area contributed by atoms with E-state index in [4.69, 9.17) is 5.73 Å². The van der Waals surface area contributed by atoms with Gasteiger partial charge in [-0.25, -0.2) is 14.8 Å². The van der Waals surface area contributed by atoms with Crippen LogP contribution >= 0.6 is 0 Å². The predicted molar refractivity (Wildman–Crippen MR) is 97.4 cm³/mol. The van der Waals surface area contributed by atoms with E-state index in [0.717, 1.165) is 29.3 Å². The number of carbonyl (C=O) groups is 2. The number of nitrogen functional groups attached to an aromatic ring is 1. The Morgan fingerprint density at radius 3 is 2.88 bits per heavy atom. The van der Waals surface area contributed by atoms with E-state index in [9.17, 15) is 14.7 Å². The van der Waals surface area contributed by atoms with Crippen LogP contribution in [0.25, 0.3) is 10.9 Å². The first-order valence-electron chi connectivity index (χ1n) is 8.78. The van der Waals surface area contributed by atoms with Crippen molar-refractivity contribution in [2.24, 2.45) is 0 Å². The van der Waals surface area contributed by atoms with Gasteiger partial charge >= 0.3 is 6.09 Å². The molecule has 2 amide bonds.